The Morgan fingerprint density at radius 1 is 0.778 bits per heavy atom. The number of rotatable bonds is 2. The van der Waals surface area contributed by atoms with E-state index in [2.05, 4.69) is 10.2 Å². The number of para-hydroxylation sites is 2. The summed E-state index contributed by atoms with van der Waals surface area (Å²) in [7, 11) is 0. The number of benzene rings is 3. The molecule has 0 aliphatic rings. The second kappa shape index (κ2) is 6.34. The minimum absolute atomic E-state index is 0.527. The topological polar surface area (TPSA) is 43.1 Å². The van der Waals surface area contributed by atoms with Crippen molar-refractivity contribution in [2.24, 2.45) is 0 Å². The van der Waals surface area contributed by atoms with Crippen molar-refractivity contribution < 1.29 is 0 Å². The molecule has 0 aliphatic carbocycles. The average Bonchev–Trinajstić information content (AvgIpc) is 3.13. The molecule has 2 aromatic heterocycles. The standard InChI is InChI=1S/C21H12Cl2N4/c22-14-10-11-15(16(23)12-14)20-25-26-21-19(13-6-2-1-3-7-13)24-17-8-4-5-9-18(17)27(20)21/h1-12H. The summed E-state index contributed by atoms with van der Waals surface area (Å²) in [4.78, 5) is 4.84. The van der Waals surface area contributed by atoms with Crippen molar-refractivity contribution in [3.63, 3.8) is 0 Å². The number of aromatic nitrogens is 4. The minimum atomic E-state index is 0.527. The van der Waals surface area contributed by atoms with E-state index in [0.29, 0.717) is 21.5 Å². The summed E-state index contributed by atoms with van der Waals surface area (Å²) in [6, 6.07) is 23.3. The van der Waals surface area contributed by atoms with Gasteiger partial charge in [0.15, 0.2) is 11.5 Å². The molecule has 0 fully saturated rings. The van der Waals surface area contributed by atoms with Crippen LogP contribution in [0.4, 0.5) is 0 Å². The molecule has 6 heteroatoms. The van der Waals surface area contributed by atoms with Gasteiger partial charge in [0.05, 0.1) is 16.1 Å². The Labute approximate surface area is 165 Å². The predicted molar refractivity (Wildman–Crippen MR) is 109 cm³/mol. The van der Waals surface area contributed by atoms with Gasteiger partial charge in [0, 0.05) is 16.1 Å². The highest BCUT2D eigenvalue weighted by Crippen LogP contribution is 2.33. The summed E-state index contributed by atoms with van der Waals surface area (Å²) < 4.78 is 2.00. The van der Waals surface area contributed by atoms with Crippen LogP contribution in [0.2, 0.25) is 10.0 Å². The number of nitrogens with zero attached hydrogens (tertiary/aromatic N) is 4. The monoisotopic (exact) mass is 390 g/mol. The molecule has 3 aromatic carbocycles. The molecule has 130 valence electrons. The number of fused-ring (bicyclic) bond motifs is 3. The van der Waals surface area contributed by atoms with Gasteiger partial charge in [-0.1, -0.05) is 65.7 Å². The van der Waals surface area contributed by atoms with Crippen LogP contribution in [0, 0.1) is 0 Å². The lowest BCUT2D eigenvalue weighted by molar-refractivity contribution is 1.12. The van der Waals surface area contributed by atoms with E-state index in [0.717, 1.165) is 27.9 Å². The van der Waals surface area contributed by atoms with Crippen LogP contribution in [0.3, 0.4) is 0 Å². The Bertz CT molecular complexity index is 1300. The number of hydrogen-bond donors (Lipinski definition) is 0. The Hall–Kier alpha value is -2.95. The van der Waals surface area contributed by atoms with Gasteiger partial charge in [-0.05, 0) is 30.3 Å². The lowest BCUT2D eigenvalue weighted by Gasteiger charge is -2.09. The lowest BCUT2D eigenvalue weighted by Crippen LogP contribution is -1.98. The van der Waals surface area contributed by atoms with Gasteiger partial charge in [0.1, 0.15) is 5.69 Å². The van der Waals surface area contributed by atoms with E-state index < -0.39 is 0 Å². The van der Waals surface area contributed by atoms with Gasteiger partial charge in [0.25, 0.3) is 0 Å². The van der Waals surface area contributed by atoms with Crippen LogP contribution >= 0.6 is 23.2 Å². The van der Waals surface area contributed by atoms with Gasteiger partial charge in [-0.3, -0.25) is 4.40 Å². The molecule has 0 unspecified atom stereocenters. The van der Waals surface area contributed by atoms with Crippen molar-refractivity contribution >= 4 is 39.9 Å². The van der Waals surface area contributed by atoms with E-state index in [1.807, 2.05) is 65.1 Å². The first-order chi connectivity index (χ1) is 13.2. The van der Waals surface area contributed by atoms with E-state index in [1.165, 1.54) is 0 Å². The zero-order chi connectivity index (χ0) is 18.4. The molecule has 5 rings (SSSR count). The smallest absolute Gasteiger partial charge is 0.188 e. The lowest BCUT2D eigenvalue weighted by atomic mass is 10.1. The Morgan fingerprint density at radius 3 is 2.37 bits per heavy atom. The molecule has 4 nitrogen and oxygen atoms in total. The zero-order valence-electron chi connectivity index (χ0n) is 14.0. The Kier molecular flexibility index (Phi) is 3.81. The van der Waals surface area contributed by atoms with Crippen LogP contribution in [0.25, 0.3) is 39.3 Å². The first kappa shape index (κ1) is 16.2. The molecular formula is C21H12Cl2N4. The first-order valence-corrected chi connectivity index (χ1v) is 9.13. The fourth-order valence-electron chi connectivity index (χ4n) is 3.22. The minimum Gasteiger partial charge on any atom is -0.271 e. The average molecular weight is 391 g/mol. The Balaban J connectivity index is 1.91. The van der Waals surface area contributed by atoms with Crippen LogP contribution in [-0.2, 0) is 0 Å². The molecule has 27 heavy (non-hydrogen) atoms. The van der Waals surface area contributed by atoms with Crippen molar-refractivity contribution in [1.82, 2.24) is 19.6 Å². The fraction of sp³-hybridized carbons (Fsp3) is 0. The number of halogens is 2. The van der Waals surface area contributed by atoms with Crippen LogP contribution in [0.5, 0.6) is 0 Å². The van der Waals surface area contributed by atoms with Gasteiger partial charge in [-0.15, -0.1) is 10.2 Å². The maximum absolute atomic E-state index is 6.45. The third-order valence-electron chi connectivity index (χ3n) is 4.45. The molecule has 0 N–H and O–H groups in total. The highest BCUT2D eigenvalue weighted by atomic mass is 35.5. The zero-order valence-corrected chi connectivity index (χ0v) is 15.5. The van der Waals surface area contributed by atoms with Gasteiger partial charge in [-0.25, -0.2) is 4.98 Å². The molecule has 0 saturated heterocycles. The van der Waals surface area contributed by atoms with Crippen molar-refractivity contribution in [2.45, 2.75) is 0 Å². The van der Waals surface area contributed by atoms with Crippen molar-refractivity contribution in [1.29, 1.82) is 0 Å². The van der Waals surface area contributed by atoms with E-state index in [9.17, 15) is 0 Å². The first-order valence-electron chi connectivity index (χ1n) is 8.37. The maximum atomic E-state index is 6.45. The van der Waals surface area contributed by atoms with Crippen molar-refractivity contribution in [3.8, 4) is 22.6 Å². The third-order valence-corrected chi connectivity index (χ3v) is 5.00. The number of hydrogen-bond acceptors (Lipinski definition) is 3. The second-order valence-corrected chi connectivity index (χ2v) is 6.97. The Morgan fingerprint density at radius 2 is 1.56 bits per heavy atom. The summed E-state index contributed by atoms with van der Waals surface area (Å²) in [5.74, 6) is 0.655. The fourth-order valence-corrected chi connectivity index (χ4v) is 3.71. The molecule has 0 amide bonds. The molecule has 0 bridgehead atoms. The highest BCUT2D eigenvalue weighted by Gasteiger charge is 2.18. The van der Waals surface area contributed by atoms with Gasteiger partial charge in [0.2, 0.25) is 0 Å². The van der Waals surface area contributed by atoms with Gasteiger partial charge >= 0.3 is 0 Å². The quantitative estimate of drug-likeness (QED) is 0.375. The molecule has 0 radical (unpaired) electrons. The molecular weight excluding hydrogens is 379 g/mol. The van der Waals surface area contributed by atoms with E-state index in [4.69, 9.17) is 28.2 Å². The van der Waals surface area contributed by atoms with Crippen LogP contribution < -0.4 is 0 Å². The summed E-state index contributed by atoms with van der Waals surface area (Å²) in [6.07, 6.45) is 0. The van der Waals surface area contributed by atoms with E-state index >= 15 is 0 Å². The molecule has 0 atom stereocenters. The molecule has 0 spiro atoms. The molecule has 5 aromatic rings. The summed E-state index contributed by atoms with van der Waals surface area (Å²) in [5.41, 5.74) is 4.98. The normalized spacial score (nSPS) is 11.3. The van der Waals surface area contributed by atoms with Crippen molar-refractivity contribution in [3.05, 3.63) is 82.8 Å². The SMILES string of the molecule is Clc1ccc(-c2nnc3c(-c4ccccc4)nc4ccccc4n23)c(Cl)c1. The maximum Gasteiger partial charge on any atom is 0.188 e. The van der Waals surface area contributed by atoms with Gasteiger partial charge < -0.3 is 0 Å². The predicted octanol–water partition coefficient (Wildman–Crippen LogP) is 5.92. The molecule has 2 heterocycles. The second-order valence-electron chi connectivity index (χ2n) is 6.12. The largest absolute Gasteiger partial charge is 0.271 e. The van der Waals surface area contributed by atoms with E-state index in [1.54, 1.807) is 12.1 Å². The van der Waals surface area contributed by atoms with E-state index in [-0.39, 0.29) is 0 Å². The van der Waals surface area contributed by atoms with Crippen LogP contribution in [-0.4, -0.2) is 19.6 Å². The summed E-state index contributed by atoms with van der Waals surface area (Å²) in [6.45, 7) is 0. The summed E-state index contributed by atoms with van der Waals surface area (Å²) in [5, 5.41) is 9.99. The van der Waals surface area contributed by atoms with Gasteiger partial charge in [-0.2, -0.15) is 0 Å². The summed E-state index contributed by atoms with van der Waals surface area (Å²) >= 11 is 12.5. The van der Waals surface area contributed by atoms with Crippen molar-refractivity contribution in [2.75, 3.05) is 0 Å². The molecule has 0 aliphatic heterocycles. The third kappa shape index (κ3) is 2.65. The molecule has 0 saturated carbocycles. The van der Waals surface area contributed by atoms with Crippen LogP contribution in [0.1, 0.15) is 0 Å². The highest BCUT2D eigenvalue weighted by molar-refractivity contribution is 6.36. The van der Waals surface area contributed by atoms with Crippen LogP contribution in [0.15, 0.2) is 72.8 Å².